The molecule has 0 saturated heterocycles. The van der Waals surface area contributed by atoms with Gasteiger partial charge < -0.3 is 4.74 Å². The molecule has 2 rings (SSSR count). The molecule has 0 atom stereocenters. The van der Waals surface area contributed by atoms with Crippen molar-refractivity contribution in [1.82, 2.24) is 0 Å². The van der Waals surface area contributed by atoms with Gasteiger partial charge in [-0.05, 0) is 35.9 Å². The van der Waals surface area contributed by atoms with Crippen LogP contribution in [-0.4, -0.2) is 22.1 Å². The van der Waals surface area contributed by atoms with E-state index in [4.69, 9.17) is 4.74 Å². The summed E-state index contributed by atoms with van der Waals surface area (Å²) >= 11 is 1.23. The SMILES string of the molecule is COc1ccccc1N(CCC(C)C)S(=O)(=O)c1cccs1. The van der Waals surface area contributed by atoms with Gasteiger partial charge in [0.15, 0.2) is 0 Å². The molecule has 1 aromatic carbocycles. The van der Waals surface area contributed by atoms with E-state index < -0.39 is 10.0 Å². The average molecular weight is 339 g/mol. The molecule has 0 spiro atoms. The van der Waals surface area contributed by atoms with Crippen molar-refractivity contribution in [2.45, 2.75) is 24.5 Å². The molecule has 0 amide bonds. The van der Waals surface area contributed by atoms with Gasteiger partial charge in [0.2, 0.25) is 0 Å². The Labute approximate surface area is 136 Å². The first-order valence-corrected chi connectivity index (χ1v) is 9.48. The van der Waals surface area contributed by atoms with Gasteiger partial charge in [-0.25, -0.2) is 8.42 Å². The van der Waals surface area contributed by atoms with Crippen molar-refractivity contribution < 1.29 is 13.2 Å². The molecule has 0 N–H and O–H groups in total. The lowest BCUT2D eigenvalue weighted by atomic mass is 10.1. The number of nitrogens with zero attached hydrogens (tertiary/aromatic N) is 1. The summed E-state index contributed by atoms with van der Waals surface area (Å²) in [6, 6.07) is 10.6. The molecule has 2 aromatic rings. The highest BCUT2D eigenvalue weighted by Crippen LogP contribution is 2.33. The fraction of sp³-hybridized carbons (Fsp3) is 0.375. The number of sulfonamides is 1. The number of rotatable bonds is 7. The molecule has 0 unspecified atom stereocenters. The quantitative estimate of drug-likeness (QED) is 0.766. The first-order valence-electron chi connectivity index (χ1n) is 7.16. The van der Waals surface area contributed by atoms with Gasteiger partial charge >= 0.3 is 0 Å². The number of ether oxygens (including phenoxy) is 1. The van der Waals surface area contributed by atoms with Gasteiger partial charge in [0, 0.05) is 6.54 Å². The third-order valence-electron chi connectivity index (χ3n) is 3.30. The minimum absolute atomic E-state index is 0.349. The molecular weight excluding hydrogens is 318 g/mol. The standard InChI is InChI=1S/C16H21NO3S2/c1-13(2)10-11-17(14-7-4-5-8-15(14)20-3)22(18,19)16-9-6-12-21-16/h4-9,12-13H,10-11H2,1-3H3. The van der Waals surface area contributed by atoms with E-state index in [2.05, 4.69) is 13.8 Å². The molecule has 1 heterocycles. The predicted molar refractivity (Wildman–Crippen MR) is 91.3 cm³/mol. The van der Waals surface area contributed by atoms with Crippen molar-refractivity contribution in [3.63, 3.8) is 0 Å². The van der Waals surface area contributed by atoms with Crippen molar-refractivity contribution in [2.24, 2.45) is 5.92 Å². The summed E-state index contributed by atoms with van der Waals surface area (Å²) in [5.74, 6) is 0.974. The first kappa shape index (κ1) is 16.8. The van der Waals surface area contributed by atoms with Crippen LogP contribution in [0.4, 0.5) is 5.69 Å². The molecule has 0 bridgehead atoms. The summed E-state index contributed by atoms with van der Waals surface area (Å²) in [6.07, 6.45) is 0.780. The number of hydrogen-bond acceptors (Lipinski definition) is 4. The van der Waals surface area contributed by atoms with E-state index in [1.807, 2.05) is 12.1 Å². The second-order valence-corrected chi connectivity index (χ2v) is 8.40. The van der Waals surface area contributed by atoms with Crippen LogP contribution in [0.3, 0.4) is 0 Å². The van der Waals surface area contributed by atoms with E-state index in [9.17, 15) is 8.42 Å². The molecule has 0 fully saturated rings. The number of para-hydroxylation sites is 2. The summed E-state index contributed by atoms with van der Waals surface area (Å²) in [7, 11) is -2.01. The number of thiophene rings is 1. The Hall–Kier alpha value is -1.53. The second kappa shape index (κ2) is 7.15. The molecule has 120 valence electrons. The highest BCUT2D eigenvalue weighted by molar-refractivity contribution is 7.94. The molecule has 6 heteroatoms. The van der Waals surface area contributed by atoms with Crippen LogP contribution >= 0.6 is 11.3 Å². The molecule has 4 nitrogen and oxygen atoms in total. The first-order chi connectivity index (χ1) is 10.5. The highest BCUT2D eigenvalue weighted by Gasteiger charge is 2.27. The molecule has 0 aliphatic carbocycles. The maximum Gasteiger partial charge on any atom is 0.273 e. The van der Waals surface area contributed by atoms with Crippen LogP contribution in [0.15, 0.2) is 46.0 Å². The van der Waals surface area contributed by atoms with Crippen LogP contribution in [-0.2, 0) is 10.0 Å². The van der Waals surface area contributed by atoms with Crippen molar-refractivity contribution >= 4 is 27.0 Å². The Morgan fingerprint density at radius 3 is 2.50 bits per heavy atom. The molecule has 0 saturated carbocycles. The van der Waals surface area contributed by atoms with Crippen molar-refractivity contribution in [1.29, 1.82) is 0 Å². The largest absolute Gasteiger partial charge is 0.495 e. The van der Waals surface area contributed by atoms with Crippen LogP contribution < -0.4 is 9.04 Å². The number of hydrogen-bond donors (Lipinski definition) is 0. The van der Waals surface area contributed by atoms with Crippen LogP contribution in [0.5, 0.6) is 5.75 Å². The lowest BCUT2D eigenvalue weighted by Crippen LogP contribution is -2.32. The maximum absolute atomic E-state index is 13.0. The summed E-state index contributed by atoms with van der Waals surface area (Å²) in [4.78, 5) is 0. The predicted octanol–water partition coefficient (Wildman–Crippen LogP) is 4.00. The van der Waals surface area contributed by atoms with E-state index >= 15 is 0 Å². The minimum atomic E-state index is -3.57. The normalized spacial score (nSPS) is 11.6. The van der Waals surface area contributed by atoms with Gasteiger partial charge in [-0.2, -0.15) is 0 Å². The smallest absolute Gasteiger partial charge is 0.273 e. The zero-order valence-corrected chi connectivity index (χ0v) is 14.7. The van der Waals surface area contributed by atoms with Gasteiger partial charge in [-0.1, -0.05) is 32.0 Å². The highest BCUT2D eigenvalue weighted by atomic mass is 32.2. The Morgan fingerprint density at radius 2 is 1.91 bits per heavy atom. The third kappa shape index (κ3) is 3.62. The minimum Gasteiger partial charge on any atom is -0.495 e. The Morgan fingerprint density at radius 1 is 1.18 bits per heavy atom. The molecule has 0 radical (unpaired) electrons. The Kier molecular flexibility index (Phi) is 5.47. The Balaban J connectivity index is 2.47. The van der Waals surface area contributed by atoms with Crippen LogP contribution in [0, 0.1) is 5.92 Å². The number of benzene rings is 1. The lowest BCUT2D eigenvalue weighted by molar-refractivity contribution is 0.415. The van der Waals surface area contributed by atoms with Gasteiger partial charge in [-0.3, -0.25) is 4.31 Å². The van der Waals surface area contributed by atoms with Crippen molar-refractivity contribution in [2.75, 3.05) is 18.0 Å². The third-order valence-corrected chi connectivity index (χ3v) is 6.49. The summed E-state index contributed by atoms with van der Waals surface area (Å²) in [6.45, 7) is 4.59. The van der Waals surface area contributed by atoms with Crippen LogP contribution in [0.1, 0.15) is 20.3 Å². The van der Waals surface area contributed by atoms with E-state index in [1.54, 1.807) is 36.8 Å². The van der Waals surface area contributed by atoms with Crippen molar-refractivity contribution in [3.8, 4) is 5.75 Å². The van der Waals surface area contributed by atoms with Crippen LogP contribution in [0.2, 0.25) is 0 Å². The monoisotopic (exact) mass is 339 g/mol. The van der Waals surface area contributed by atoms with Gasteiger partial charge in [0.25, 0.3) is 10.0 Å². The summed E-state index contributed by atoms with van der Waals surface area (Å²) < 4.78 is 33.1. The number of anilines is 1. The molecule has 0 aliphatic rings. The zero-order valence-electron chi connectivity index (χ0n) is 13.0. The van der Waals surface area contributed by atoms with Crippen LogP contribution in [0.25, 0.3) is 0 Å². The molecule has 0 aliphatic heterocycles. The molecule has 1 aromatic heterocycles. The topological polar surface area (TPSA) is 46.6 Å². The van der Waals surface area contributed by atoms with Gasteiger partial charge in [-0.15, -0.1) is 11.3 Å². The number of methoxy groups -OCH3 is 1. The van der Waals surface area contributed by atoms with Gasteiger partial charge in [0.1, 0.15) is 9.96 Å². The summed E-state index contributed by atoms with van der Waals surface area (Å²) in [5, 5.41) is 1.77. The maximum atomic E-state index is 13.0. The molecule has 22 heavy (non-hydrogen) atoms. The van der Waals surface area contributed by atoms with E-state index in [0.29, 0.717) is 28.1 Å². The zero-order chi connectivity index (χ0) is 16.2. The van der Waals surface area contributed by atoms with Crippen molar-refractivity contribution in [3.05, 3.63) is 41.8 Å². The lowest BCUT2D eigenvalue weighted by Gasteiger charge is -2.26. The van der Waals surface area contributed by atoms with Gasteiger partial charge in [0.05, 0.1) is 12.8 Å². The second-order valence-electron chi connectivity index (χ2n) is 5.36. The van der Waals surface area contributed by atoms with E-state index in [0.717, 1.165) is 6.42 Å². The fourth-order valence-electron chi connectivity index (χ4n) is 2.10. The summed E-state index contributed by atoms with van der Waals surface area (Å²) in [5.41, 5.74) is 0.582. The Bertz CT molecular complexity index is 694. The fourth-order valence-corrected chi connectivity index (χ4v) is 4.69. The van der Waals surface area contributed by atoms with E-state index in [1.165, 1.54) is 15.6 Å². The van der Waals surface area contributed by atoms with E-state index in [-0.39, 0.29) is 0 Å². The average Bonchev–Trinajstić information content (AvgIpc) is 3.02. The molecular formula is C16H21NO3S2.